The van der Waals surface area contributed by atoms with E-state index in [9.17, 15) is 15.3 Å². The van der Waals surface area contributed by atoms with E-state index in [1.54, 1.807) is 0 Å². The molecule has 0 amide bonds. The van der Waals surface area contributed by atoms with Gasteiger partial charge in [-0.25, -0.2) is 0 Å². The molecule has 9 N–H and O–H groups in total. The number of rotatable bonds is 7. The number of aliphatic hydroxyl groups excluding tert-OH is 5. The summed E-state index contributed by atoms with van der Waals surface area (Å²) in [6.45, 7) is -1.23. The summed E-state index contributed by atoms with van der Waals surface area (Å²) in [5, 5.41) is 48.3. The average molecular weight is 239 g/mol. The maximum Gasteiger partial charge on any atom is 0.228 e. The van der Waals surface area contributed by atoms with Gasteiger partial charge in [-0.3, -0.25) is 0 Å². The summed E-state index contributed by atoms with van der Waals surface area (Å²) in [7, 11) is 0. The molecule has 4 unspecified atom stereocenters. The molecule has 0 fully saturated rings. The smallest absolute Gasteiger partial charge is 0.228 e. The SMILES string of the molecule is NC(N)=NOCC(O)C(O)C(O)C(O)CO. The van der Waals surface area contributed by atoms with E-state index in [2.05, 4.69) is 9.99 Å². The van der Waals surface area contributed by atoms with Gasteiger partial charge in [0.2, 0.25) is 5.96 Å². The van der Waals surface area contributed by atoms with Crippen molar-refractivity contribution in [1.82, 2.24) is 0 Å². The Morgan fingerprint density at radius 3 is 2.00 bits per heavy atom. The normalized spacial score (nSPS) is 18.3. The van der Waals surface area contributed by atoms with E-state index in [0.29, 0.717) is 0 Å². The van der Waals surface area contributed by atoms with E-state index in [-0.39, 0.29) is 5.96 Å². The Labute approximate surface area is 91.5 Å². The molecule has 0 bridgehead atoms. The fraction of sp³-hybridized carbons (Fsp3) is 0.857. The lowest BCUT2D eigenvalue weighted by Crippen LogP contribution is -2.47. The zero-order valence-corrected chi connectivity index (χ0v) is 8.47. The molecular weight excluding hydrogens is 222 g/mol. The van der Waals surface area contributed by atoms with Crippen LogP contribution in [0.3, 0.4) is 0 Å². The summed E-state index contributed by atoms with van der Waals surface area (Å²) >= 11 is 0. The molecular formula is C7H17N3O6. The molecule has 0 heterocycles. The van der Waals surface area contributed by atoms with Gasteiger partial charge >= 0.3 is 0 Å². The van der Waals surface area contributed by atoms with Crippen molar-refractivity contribution in [3.05, 3.63) is 0 Å². The first-order valence-electron chi connectivity index (χ1n) is 4.44. The second-order valence-electron chi connectivity index (χ2n) is 3.11. The van der Waals surface area contributed by atoms with Crippen LogP contribution in [0, 0.1) is 0 Å². The standard InChI is InChI=1S/C7H17N3O6/c8-7(9)10-16-2-4(13)6(15)5(14)3(12)1-11/h3-6,11-15H,1-2H2,(H4,8,9,10). The highest BCUT2D eigenvalue weighted by molar-refractivity contribution is 5.74. The van der Waals surface area contributed by atoms with Crippen molar-refractivity contribution in [1.29, 1.82) is 0 Å². The predicted octanol–water partition coefficient (Wildman–Crippen LogP) is -4.37. The molecule has 16 heavy (non-hydrogen) atoms. The van der Waals surface area contributed by atoms with Gasteiger partial charge in [-0.1, -0.05) is 0 Å². The van der Waals surface area contributed by atoms with Gasteiger partial charge in [-0.05, 0) is 5.16 Å². The van der Waals surface area contributed by atoms with Gasteiger partial charge in [0.15, 0.2) is 0 Å². The Morgan fingerprint density at radius 1 is 1.06 bits per heavy atom. The van der Waals surface area contributed by atoms with Crippen molar-refractivity contribution >= 4 is 5.96 Å². The molecule has 0 aromatic carbocycles. The monoisotopic (exact) mass is 239 g/mol. The Bertz CT molecular complexity index is 222. The van der Waals surface area contributed by atoms with Crippen molar-refractivity contribution in [2.24, 2.45) is 16.6 Å². The maximum atomic E-state index is 9.29. The van der Waals surface area contributed by atoms with E-state index in [0.717, 1.165) is 0 Å². The van der Waals surface area contributed by atoms with Crippen LogP contribution in [0.15, 0.2) is 5.16 Å². The summed E-state index contributed by atoms with van der Waals surface area (Å²) in [6, 6.07) is 0. The van der Waals surface area contributed by atoms with Gasteiger partial charge < -0.3 is 41.8 Å². The molecule has 0 aliphatic carbocycles. The first-order chi connectivity index (χ1) is 7.40. The second kappa shape index (κ2) is 7.19. The fourth-order valence-electron chi connectivity index (χ4n) is 0.850. The van der Waals surface area contributed by atoms with Crippen LogP contribution in [0.1, 0.15) is 0 Å². The number of hydrogen-bond acceptors (Lipinski definition) is 7. The van der Waals surface area contributed by atoms with E-state index in [4.69, 9.17) is 21.7 Å². The molecule has 0 aliphatic heterocycles. The molecule has 9 heteroatoms. The molecule has 9 nitrogen and oxygen atoms in total. The Balaban J connectivity index is 4.07. The molecule has 0 aromatic heterocycles. The highest BCUT2D eigenvalue weighted by atomic mass is 16.6. The molecule has 0 aliphatic rings. The third-order valence-electron chi connectivity index (χ3n) is 1.74. The molecule has 0 aromatic rings. The largest absolute Gasteiger partial charge is 0.394 e. The quantitative estimate of drug-likeness (QED) is 0.132. The number of nitrogens with two attached hydrogens (primary N) is 2. The zero-order chi connectivity index (χ0) is 12.7. The topological polar surface area (TPSA) is 175 Å². The fourth-order valence-corrected chi connectivity index (χ4v) is 0.850. The van der Waals surface area contributed by atoms with Crippen LogP contribution in [0.25, 0.3) is 0 Å². The van der Waals surface area contributed by atoms with Gasteiger partial charge in [-0.15, -0.1) is 0 Å². The van der Waals surface area contributed by atoms with E-state index in [1.807, 2.05) is 0 Å². The minimum absolute atomic E-state index is 0.363. The summed E-state index contributed by atoms with van der Waals surface area (Å²) in [6.07, 6.45) is -6.48. The predicted molar refractivity (Wildman–Crippen MR) is 52.9 cm³/mol. The molecule has 0 saturated carbocycles. The molecule has 96 valence electrons. The summed E-state index contributed by atoms with van der Waals surface area (Å²) < 4.78 is 0. The third kappa shape index (κ3) is 5.09. The van der Waals surface area contributed by atoms with Crippen LogP contribution in [-0.4, -0.2) is 69.1 Å². The number of guanidine groups is 1. The van der Waals surface area contributed by atoms with Gasteiger partial charge in [-0.2, -0.15) is 0 Å². The summed E-state index contributed by atoms with van der Waals surface area (Å²) in [5.41, 5.74) is 9.84. The van der Waals surface area contributed by atoms with Crippen LogP contribution >= 0.6 is 0 Å². The Morgan fingerprint density at radius 2 is 1.56 bits per heavy atom. The van der Waals surface area contributed by atoms with Crippen LogP contribution in [0.4, 0.5) is 0 Å². The van der Waals surface area contributed by atoms with Gasteiger partial charge in [0.05, 0.1) is 6.61 Å². The highest BCUT2D eigenvalue weighted by Crippen LogP contribution is 2.05. The number of oxime groups is 1. The molecule has 4 atom stereocenters. The molecule has 0 saturated heterocycles. The van der Waals surface area contributed by atoms with Gasteiger partial charge in [0.1, 0.15) is 31.0 Å². The Kier molecular flexibility index (Phi) is 6.69. The van der Waals surface area contributed by atoms with E-state index < -0.39 is 37.6 Å². The summed E-state index contributed by atoms with van der Waals surface area (Å²) in [5.74, 6) is -0.363. The number of nitrogens with zero attached hydrogens (tertiary/aromatic N) is 1. The molecule has 0 radical (unpaired) electrons. The minimum Gasteiger partial charge on any atom is -0.394 e. The first kappa shape index (κ1) is 14.9. The maximum absolute atomic E-state index is 9.29. The van der Waals surface area contributed by atoms with Crippen LogP contribution in [-0.2, 0) is 4.84 Å². The van der Waals surface area contributed by atoms with Gasteiger partial charge in [0, 0.05) is 0 Å². The third-order valence-corrected chi connectivity index (χ3v) is 1.74. The van der Waals surface area contributed by atoms with Crippen LogP contribution < -0.4 is 11.5 Å². The van der Waals surface area contributed by atoms with E-state index >= 15 is 0 Å². The number of aliphatic hydroxyl groups is 5. The van der Waals surface area contributed by atoms with E-state index in [1.165, 1.54) is 0 Å². The van der Waals surface area contributed by atoms with Crippen molar-refractivity contribution < 1.29 is 30.4 Å². The number of hydrogen-bond donors (Lipinski definition) is 7. The second-order valence-corrected chi connectivity index (χ2v) is 3.11. The lowest BCUT2D eigenvalue weighted by molar-refractivity contribution is -0.129. The van der Waals surface area contributed by atoms with Crippen LogP contribution in [0.2, 0.25) is 0 Å². The van der Waals surface area contributed by atoms with Crippen molar-refractivity contribution in [3.8, 4) is 0 Å². The zero-order valence-electron chi connectivity index (χ0n) is 8.47. The molecule has 0 rings (SSSR count). The summed E-state index contributed by atoms with van der Waals surface area (Å²) in [4.78, 5) is 4.41. The van der Waals surface area contributed by atoms with Gasteiger partial charge in [0.25, 0.3) is 0 Å². The highest BCUT2D eigenvalue weighted by Gasteiger charge is 2.30. The minimum atomic E-state index is -1.71. The van der Waals surface area contributed by atoms with Crippen molar-refractivity contribution in [2.75, 3.05) is 13.2 Å². The lowest BCUT2D eigenvalue weighted by Gasteiger charge is -2.24. The first-order valence-corrected chi connectivity index (χ1v) is 4.44. The average Bonchev–Trinajstić information content (AvgIpc) is 2.25. The van der Waals surface area contributed by atoms with Crippen molar-refractivity contribution in [3.63, 3.8) is 0 Å². The van der Waals surface area contributed by atoms with Crippen LogP contribution in [0.5, 0.6) is 0 Å². The lowest BCUT2D eigenvalue weighted by atomic mass is 10.0. The molecule has 0 spiro atoms. The Hall–Kier alpha value is -1.13. The van der Waals surface area contributed by atoms with Crippen molar-refractivity contribution in [2.45, 2.75) is 24.4 Å².